The van der Waals surface area contributed by atoms with Crippen LogP contribution in [0.15, 0.2) is 85.1 Å². The van der Waals surface area contributed by atoms with Crippen LogP contribution in [0.3, 0.4) is 0 Å². The Labute approximate surface area is 496 Å². The molecule has 0 heterocycles. The second-order valence-electron chi connectivity index (χ2n) is 23.1. The highest BCUT2D eigenvalue weighted by atomic mass is 16.6. The number of hydrogen-bond donors (Lipinski definition) is 0. The summed E-state index contributed by atoms with van der Waals surface area (Å²) in [6.07, 6.45) is 90.6. The van der Waals surface area contributed by atoms with Crippen LogP contribution in [0.25, 0.3) is 0 Å². The predicted octanol–water partition coefficient (Wildman–Crippen LogP) is 23.8. The molecule has 0 aromatic heterocycles. The van der Waals surface area contributed by atoms with Gasteiger partial charge in [0.2, 0.25) is 0 Å². The largest absolute Gasteiger partial charge is 0.462 e. The molecule has 0 aliphatic rings. The van der Waals surface area contributed by atoms with E-state index >= 15 is 0 Å². The van der Waals surface area contributed by atoms with E-state index < -0.39 is 6.10 Å². The maximum atomic E-state index is 12.9. The molecule has 6 nitrogen and oxygen atoms in total. The second-order valence-corrected chi connectivity index (χ2v) is 23.1. The highest BCUT2D eigenvalue weighted by Gasteiger charge is 2.19. The molecule has 0 radical (unpaired) electrons. The summed E-state index contributed by atoms with van der Waals surface area (Å²) in [4.78, 5) is 38.2. The molecule has 0 spiro atoms. The molecule has 80 heavy (non-hydrogen) atoms. The van der Waals surface area contributed by atoms with E-state index in [4.69, 9.17) is 14.2 Å². The van der Waals surface area contributed by atoms with E-state index in [0.717, 1.165) is 122 Å². The van der Waals surface area contributed by atoms with Crippen LogP contribution < -0.4 is 0 Å². The van der Waals surface area contributed by atoms with Crippen LogP contribution in [0.2, 0.25) is 0 Å². The van der Waals surface area contributed by atoms with Crippen molar-refractivity contribution in [2.75, 3.05) is 13.2 Å². The first-order valence-electron chi connectivity index (χ1n) is 34.6. The molecule has 462 valence electrons. The Bertz CT molecular complexity index is 1520. The average Bonchev–Trinajstić information content (AvgIpc) is 3.46. The van der Waals surface area contributed by atoms with Crippen molar-refractivity contribution < 1.29 is 28.6 Å². The average molecular weight is 1120 g/mol. The summed E-state index contributed by atoms with van der Waals surface area (Å²) in [5.41, 5.74) is 0. The lowest BCUT2D eigenvalue weighted by Crippen LogP contribution is -2.30. The topological polar surface area (TPSA) is 78.9 Å². The minimum absolute atomic E-state index is 0.0791. The van der Waals surface area contributed by atoms with Gasteiger partial charge in [0, 0.05) is 19.3 Å². The van der Waals surface area contributed by atoms with Crippen molar-refractivity contribution in [1.82, 2.24) is 0 Å². The van der Waals surface area contributed by atoms with Gasteiger partial charge >= 0.3 is 17.9 Å². The zero-order valence-electron chi connectivity index (χ0n) is 53.1. The van der Waals surface area contributed by atoms with Crippen molar-refractivity contribution in [2.45, 2.75) is 354 Å². The molecule has 0 saturated carbocycles. The number of allylic oxidation sites excluding steroid dienone is 14. The third kappa shape index (κ3) is 65.4. The lowest BCUT2D eigenvalue weighted by atomic mass is 10.0. The van der Waals surface area contributed by atoms with Crippen molar-refractivity contribution in [3.63, 3.8) is 0 Å². The van der Waals surface area contributed by atoms with Gasteiger partial charge in [0.05, 0.1) is 0 Å². The smallest absolute Gasteiger partial charge is 0.306 e. The fraction of sp³-hybridized carbons (Fsp3) is 0.770. The van der Waals surface area contributed by atoms with E-state index in [0.29, 0.717) is 19.3 Å². The Morgan fingerprint density at radius 3 is 0.762 bits per heavy atom. The first-order chi connectivity index (χ1) is 39.5. The van der Waals surface area contributed by atoms with E-state index in [2.05, 4.69) is 106 Å². The van der Waals surface area contributed by atoms with Gasteiger partial charge in [-0.05, 0) is 77.0 Å². The molecule has 0 rings (SSSR count). The van der Waals surface area contributed by atoms with E-state index in [1.54, 1.807) is 0 Å². The molecule has 0 amide bonds. The summed E-state index contributed by atoms with van der Waals surface area (Å²) < 4.78 is 16.9. The molecular weight excluding hydrogens is 985 g/mol. The van der Waals surface area contributed by atoms with Crippen molar-refractivity contribution >= 4 is 17.9 Å². The van der Waals surface area contributed by atoms with Crippen LogP contribution in [0.5, 0.6) is 0 Å². The first-order valence-corrected chi connectivity index (χ1v) is 34.6. The molecule has 0 saturated heterocycles. The number of esters is 3. The molecule has 0 N–H and O–H groups in total. The van der Waals surface area contributed by atoms with Gasteiger partial charge in [0.25, 0.3) is 0 Å². The van der Waals surface area contributed by atoms with Crippen molar-refractivity contribution in [3.8, 4) is 0 Å². The molecule has 0 aromatic carbocycles. The number of unbranched alkanes of at least 4 members (excludes halogenated alkanes) is 38. The third-order valence-electron chi connectivity index (χ3n) is 15.2. The van der Waals surface area contributed by atoms with Gasteiger partial charge in [-0.25, -0.2) is 0 Å². The summed E-state index contributed by atoms with van der Waals surface area (Å²) in [7, 11) is 0. The Balaban J connectivity index is 4.16. The summed E-state index contributed by atoms with van der Waals surface area (Å²) in [5.74, 6) is -0.887. The minimum Gasteiger partial charge on any atom is -0.462 e. The first kappa shape index (κ1) is 76.6. The van der Waals surface area contributed by atoms with Crippen LogP contribution in [0.4, 0.5) is 0 Å². The molecule has 0 fully saturated rings. The monoisotopic (exact) mass is 1110 g/mol. The minimum atomic E-state index is -0.782. The van der Waals surface area contributed by atoms with Gasteiger partial charge in [-0.2, -0.15) is 0 Å². The summed E-state index contributed by atoms with van der Waals surface area (Å²) in [5, 5.41) is 0. The van der Waals surface area contributed by atoms with Gasteiger partial charge < -0.3 is 14.2 Å². The maximum Gasteiger partial charge on any atom is 0.306 e. The second kappa shape index (κ2) is 68.1. The standard InChI is InChI=1S/C74H130O6/c1-4-7-10-13-16-19-21-23-25-27-29-31-33-35-37-39-41-43-45-47-49-51-53-55-58-61-64-67-73(76)79-70-71(69-78-72(75)66-63-60-57-18-15-12-9-6-3)80-74(77)68-65-62-59-56-54-52-50-48-46-44-42-40-38-36-34-32-30-28-26-24-22-20-17-14-11-8-5-2/h7,10,16,19,23,25,29,31,35,37,41,43,47,49,71H,4-6,8-9,11-15,17-18,20-22,24,26-28,30,32-34,36,38-40,42,44-46,48,50-70H2,1-3H3/b10-7-,19-16-,25-23-,31-29-,37-35-,43-41-,49-47-. The highest BCUT2D eigenvalue weighted by molar-refractivity contribution is 5.71. The zero-order chi connectivity index (χ0) is 57.8. The molecule has 0 aliphatic heterocycles. The summed E-state index contributed by atoms with van der Waals surface area (Å²) in [6.45, 7) is 6.53. The number of hydrogen-bond acceptors (Lipinski definition) is 6. The highest BCUT2D eigenvalue weighted by Crippen LogP contribution is 2.18. The Morgan fingerprint density at radius 2 is 0.487 bits per heavy atom. The van der Waals surface area contributed by atoms with Crippen molar-refractivity contribution in [3.05, 3.63) is 85.1 Å². The van der Waals surface area contributed by atoms with E-state index in [-0.39, 0.29) is 31.1 Å². The molecular formula is C74H130O6. The van der Waals surface area contributed by atoms with E-state index in [1.807, 2.05) is 0 Å². The lowest BCUT2D eigenvalue weighted by molar-refractivity contribution is -0.167. The molecule has 0 bridgehead atoms. The Kier molecular flexibility index (Phi) is 65.2. The van der Waals surface area contributed by atoms with Crippen molar-refractivity contribution in [1.29, 1.82) is 0 Å². The lowest BCUT2D eigenvalue weighted by Gasteiger charge is -2.18. The third-order valence-corrected chi connectivity index (χ3v) is 15.2. The molecule has 0 aromatic rings. The van der Waals surface area contributed by atoms with Gasteiger partial charge in [0.15, 0.2) is 6.10 Å². The molecule has 6 heteroatoms. The fourth-order valence-electron chi connectivity index (χ4n) is 10.0. The fourth-order valence-corrected chi connectivity index (χ4v) is 10.0. The van der Waals surface area contributed by atoms with Crippen LogP contribution in [-0.2, 0) is 28.6 Å². The van der Waals surface area contributed by atoms with Crippen LogP contribution in [0, 0.1) is 0 Å². The van der Waals surface area contributed by atoms with Crippen LogP contribution >= 0.6 is 0 Å². The van der Waals surface area contributed by atoms with Crippen LogP contribution in [-0.4, -0.2) is 37.2 Å². The number of carbonyl (C=O) groups excluding carboxylic acids is 3. The zero-order valence-corrected chi connectivity index (χ0v) is 53.1. The summed E-state index contributed by atoms with van der Waals surface area (Å²) >= 11 is 0. The van der Waals surface area contributed by atoms with Gasteiger partial charge in [-0.15, -0.1) is 0 Å². The molecule has 1 unspecified atom stereocenters. The van der Waals surface area contributed by atoms with E-state index in [9.17, 15) is 14.4 Å². The Morgan fingerprint density at radius 1 is 0.263 bits per heavy atom. The number of carbonyl (C=O) groups is 3. The number of ether oxygens (including phenoxy) is 3. The van der Waals surface area contributed by atoms with Crippen molar-refractivity contribution in [2.24, 2.45) is 0 Å². The predicted molar refractivity (Wildman–Crippen MR) is 348 cm³/mol. The van der Waals surface area contributed by atoms with Gasteiger partial charge in [0.1, 0.15) is 13.2 Å². The van der Waals surface area contributed by atoms with Gasteiger partial charge in [-0.3, -0.25) is 14.4 Å². The SMILES string of the molecule is CC/C=C\C/C=C\C/C=C\C/C=C\C/C=C\C/C=C\C/C=C\CCCCCCCC(=O)OCC(COC(=O)CCCCCCCCCC)OC(=O)CCCCCCCCCCCCCCCCCCCCCCCCCCCCC. The van der Waals surface area contributed by atoms with E-state index in [1.165, 1.54) is 186 Å². The molecule has 0 aliphatic carbocycles. The quantitative estimate of drug-likeness (QED) is 0.0261. The summed E-state index contributed by atoms with van der Waals surface area (Å²) in [6, 6.07) is 0. The Hall–Kier alpha value is -3.41. The normalized spacial score (nSPS) is 12.6. The van der Waals surface area contributed by atoms with Gasteiger partial charge in [-0.1, -0.05) is 337 Å². The number of rotatable bonds is 63. The maximum absolute atomic E-state index is 12.9. The van der Waals surface area contributed by atoms with Crippen LogP contribution in [0.1, 0.15) is 348 Å². The molecule has 1 atom stereocenters.